The average molecular weight is 253 g/mol. The standard InChI is InChI=1S/C14H23NO3/c1-11(7-8-16-3)18-14-6-5-13(17-4)9-12(14)10-15-2/h5-6,9,11,15H,7-8,10H2,1-4H3. The van der Waals surface area contributed by atoms with Crippen LogP contribution in [0.15, 0.2) is 18.2 Å². The van der Waals surface area contributed by atoms with Crippen LogP contribution in [0.1, 0.15) is 18.9 Å². The fourth-order valence-corrected chi connectivity index (χ4v) is 1.69. The van der Waals surface area contributed by atoms with E-state index in [4.69, 9.17) is 14.2 Å². The lowest BCUT2D eigenvalue weighted by Gasteiger charge is -2.18. The third-order valence-corrected chi connectivity index (χ3v) is 2.69. The van der Waals surface area contributed by atoms with Crippen LogP contribution in [-0.2, 0) is 11.3 Å². The van der Waals surface area contributed by atoms with Gasteiger partial charge in [0.25, 0.3) is 0 Å². The van der Waals surface area contributed by atoms with Crippen LogP contribution in [0.5, 0.6) is 11.5 Å². The van der Waals surface area contributed by atoms with Gasteiger partial charge in [-0.2, -0.15) is 0 Å². The first kappa shape index (κ1) is 14.8. The van der Waals surface area contributed by atoms with Crippen molar-refractivity contribution in [1.82, 2.24) is 5.32 Å². The molecule has 1 N–H and O–H groups in total. The Morgan fingerprint density at radius 1 is 1.28 bits per heavy atom. The molecule has 0 heterocycles. The largest absolute Gasteiger partial charge is 0.497 e. The van der Waals surface area contributed by atoms with E-state index in [1.165, 1.54) is 0 Å². The van der Waals surface area contributed by atoms with E-state index in [0.717, 1.165) is 30.0 Å². The van der Waals surface area contributed by atoms with Gasteiger partial charge in [0.15, 0.2) is 0 Å². The van der Waals surface area contributed by atoms with Crippen molar-refractivity contribution < 1.29 is 14.2 Å². The first-order valence-electron chi connectivity index (χ1n) is 6.18. The van der Waals surface area contributed by atoms with Crippen molar-refractivity contribution in [3.05, 3.63) is 23.8 Å². The van der Waals surface area contributed by atoms with Gasteiger partial charge in [-0.05, 0) is 32.2 Å². The molecular formula is C14H23NO3. The van der Waals surface area contributed by atoms with Crippen LogP contribution >= 0.6 is 0 Å². The summed E-state index contributed by atoms with van der Waals surface area (Å²) in [7, 11) is 5.28. The lowest BCUT2D eigenvalue weighted by molar-refractivity contribution is 0.134. The van der Waals surface area contributed by atoms with Gasteiger partial charge in [0, 0.05) is 32.2 Å². The minimum atomic E-state index is 0.133. The third kappa shape index (κ3) is 4.55. The van der Waals surface area contributed by atoms with Crippen LogP contribution in [0.2, 0.25) is 0 Å². The number of rotatable bonds is 8. The lowest BCUT2D eigenvalue weighted by Crippen LogP contribution is -2.16. The summed E-state index contributed by atoms with van der Waals surface area (Å²) in [5.41, 5.74) is 1.10. The summed E-state index contributed by atoms with van der Waals surface area (Å²) in [4.78, 5) is 0. The second kappa shape index (κ2) is 7.95. The number of hydrogen-bond donors (Lipinski definition) is 1. The van der Waals surface area contributed by atoms with Crippen LogP contribution in [0.25, 0.3) is 0 Å². The normalized spacial score (nSPS) is 12.2. The zero-order valence-corrected chi connectivity index (χ0v) is 11.7. The Labute approximate surface area is 109 Å². The molecule has 0 bridgehead atoms. The predicted molar refractivity (Wildman–Crippen MR) is 72.3 cm³/mol. The summed E-state index contributed by atoms with van der Waals surface area (Å²) in [6, 6.07) is 5.86. The van der Waals surface area contributed by atoms with Crippen molar-refractivity contribution in [3.63, 3.8) is 0 Å². The summed E-state index contributed by atoms with van der Waals surface area (Å²) in [6.45, 7) is 3.51. The van der Waals surface area contributed by atoms with E-state index in [9.17, 15) is 0 Å². The summed E-state index contributed by atoms with van der Waals surface area (Å²) < 4.78 is 16.2. The van der Waals surface area contributed by atoms with Crippen LogP contribution in [0.4, 0.5) is 0 Å². The van der Waals surface area contributed by atoms with E-state index in [-0.39, 0.29) is 6.10 Å². The zero-order valence-electron chi connectivity index (χ0n) is 11.7. The van der Waals surface area contributed by atoms with Gasteiger partial charge in [-0.1, -0.05) is 0 Å². The number of methoxy groups -OCH3 is 2. The van der Waals surface area contributed by atoms with Crippen molar-refractivity contribution >= 4 is 0 Å². The molecule has 1 unspecified atom stereocenters. The Morgan fingerprint density at radius 2 is 2.06 bits per heavy atom. The van der Waals surface area contributed by atoms with Gasteiger partial charge >= 0.3 is 0 Å². The third-order valence-electron chi connectivity index (χ3n) is 2.69. The van der Waals surface area contributed by atoms with Crippen LogP contribution in [0.3, 0.4) is 0 Å². The molecule has 0 saturated heterocycles. The molecule has 0 aliphatic carbocycles. The summed E-state index contributed by atoms with van der Waals surface area (Å²) in [5.74, 6) is 1.74. The lowest BCUT2D eigenvalue weighted by atomic mass is 10.2. The highest BCUT2D eigenvalue weighted by Gasteiger charge is 2.09. The molecule has 102 valence electrons. The molecule has 18 heavy (non-hydrogen) atoms. The Kier molecular flexibility index (Phi) is 6.54. The van der Waals surface area contributed by atoms with Gasteiger partial charge < -0.3 is 19.5 Å². The minimum Gasteiger partial charge on any atom is -0.497 e. The maximum absolute atomic E-state index is 5.92. The van der Waals surface area contributed by atoms with Gasteiger partial charge in [-0.15, -0.1) is 0 Å². The number of ether oxygens (including phenoxy) is 3. The second-order valence-corrected chi connectivity index (χ2v) is 4.21. The first-order chi connectivity index (χ1) is 8.71. The van der Waals surface area contributed by atoms with Gasteiger partial charge in [-0.25, -0.2) is 0 Å². The van der Waals surface area contributed by atoms with Crippen LogP contribution in [0, 0.1) is 0 Å². The topological polar surface area (TPSA) is 39.7 Å². The van der Waals surface area contributed by atoms with Crippen molar-refractivity contribution in [2.24, 2.45) is 0 Å². The molecule has 0 aliphatic rings. The Bertz CT molecular complexity index is 355. The van der Waals surface area contributed by atoms with Gasteiger partial charge in [0.1, 0.15) is 11.5 Å². The molecule has 1 aromatic carbocycles. The zero-order chi connectivity index (χ0) is 13.4. The molecule has 0 saturated carbocycles. The molecule has 0 fully saturated rings. The van der Waals surface area contributed by atoms with E-state index in [1.807, 2.05) is 32.2 Å². The number of hydrogen-bond acceptors (Lipinski definition) is 4. The maximum Gasteiger partial charge on any atom is 0.124 e. The van der Waals surface area contributed by atoms with E-state index in [0.29, 0.717) is 6.61 Å². The molecule has 0 amide bonds. The second-order valence-electron chi connectivity index (χ2n) is 4.21. The Balaban J connectivity index is 2.73. The molecule has 4 heteroatoms. The maximum atomic E-state index is 5.92. The van der Waals surface area contributed by atoms with Gasteiger partial charge in [-0.3, -0.25) is 0 Å². The van der Waals surface area contributed by atoms with Gasteiger partial charge in [0.05, 0.1) is 13.2 Å². The molecule has 1 atom stereocenters. The van der Waals surface area contributed by atoms with Crippen LogP contribution < -0.4 is 14.8 Å². The van der Waals surface area contributed by atoms with E-state index in [1.54, 1.807) is 14.2 Å². The predicted octanol–water partition coefficient (Wildman–Crippen LogP) is 2.22. The molecule has 0 aromatic heterocycles. The molecular weight excluding hydrogens is 230 g/mol. The van der Waals surface area contributed by atoms with E-state index in [2.05, 4.69) is 5.32 Å². The molecule has 0 aliphatic heterocycles. The highest BCUT2D eigenvalue weighted by Crippen LogP contribution is 2.25. The minimum absolute atomic E-state index is 0.133. The average Bonchev–Trinajstić information content (AvgIpc) is 2.38. The van der Waals surface area contributed by atoms with Crippen molar-refractivity contribution in [2.45, 2.75) is 26.0 Å². The molecule has 4 nitrogen and oxygen atoms in total. The molecule has 1 aromatic rings. The molecule has 0 radical (unpaired) electrons. The van der Waals surface area contributed by atoms with Crippen LogP contribution in [-0.4, -0.2) is 34.0 Å². The first-order valence-corrected chi connectivity index (χ1v) is 6.18. The fourth-order valence-electron chi connectivity index (χ4n) is 1.69. The summed E-state index contributed by atoms with van der Waals surface area (Å²) >= 11 is 0. The molecule has 1 rings (SSSR count). The quantitative estimate of drug-likeness (QED) is 0.771. The molecule has 0 spiro atoms. The monoisotopic (exact) mass is 253 g/mol. The highest BCUT2D eigenvalue weighted by molar-refractivity contribution is 5.40. The van der Waals surface area contributed by atoms with Crippen molar-refractivity contribution in [2.75, 3.05) is 27.9 Å². The van der Waals surface area contributed by atoms with E-state index < -0.39 is 0 Å². The Hall–Kier alpha value is -1.26. The summed E-state index contributed by atoms with van der Waals surface area (Å²) in [6.07, 6.45) is 1.01. The van der Waals surface area contributed by atoms with E-state index >= 15 is 0 Å². The van der Waals surface area contributed by atoms with Crippen molar-refractivity contribution in [1.29, 1.82) is 0 Å². The van der Waals surface area contributed by atoms with Crippen molar-refractivity contribution in [3.8, 4) is 11.5 Å². The Morgan fingerprint density at radius 3 is 2.67 bits per heavy atom. The smallest absolute Gasteiger partial charge is 0.124 e. The fraction of sp³-hybridized carbons (Fsp3) is 0.571. The number of nitrogens with one attached hydrogen (secondary N) is 1. The highest BCUT2D eigenvalue weighted by atomic mass is 16.5. The number of benzene rings is 1. The van der Waals surface area contributed by atoms with Gasteiger partial charge in [0.2, 0.25) is 0 Å². The SMILES string of the molecule is CNCc1cc(OC)ccc1OC(C)CCOC. The summed E-state index contributed by atoms with van der Waals surface area (Å²) in [5, 5.41) is 3.13.